The first-order valence-corrected chi connectivity index (χ1v) is 7.74. The number of nitrogens with zero attached hydrogens (tertiary/aromatic N) is 1. The van der Waals surface area contributed by atoms with E-state index in [2.05, 4.69) is 29.3 Å². The maximum absolute atomic E-state index is 12.3. The zero-order valence-corrected chi connectivity index (χ0v) is 13.1. The molecule has 24 heavy (non-hydrogen) atoms. The predicted molar refractivity (Wildman–Crippen MR) is 97.0 cm³/mol. The number of benzene rings is 3. The number of fused-ring (bicyclic) bond motifs is 2. The number of nitriles is 1. The van der Waals surface area contributed by atoms with E-state index in [0.717, 1.165) is 32.8 Å². The van der Waals surface area contributed by atoms with Gasteiger partial charge in [-0.15, -0.1) is 0 Å². The van der Waals surface area contributed by atoms with Crippen LogP contribution in [0.2, 0.25) is 0 Å². The Morgan fingerprint density at radius 1 is 0.917 bits per heavy atom. The zero-order chi connectivity index (χ0) is 16.7. The molecule has 0 saturated carbocycles. The summed E-state index contributed by atoms with van der Waals surface area (Å²) in [6.45, 7) is 1.83. The van der Waals surface area contributed by atoms with E-state index < -0.39 is 0 Å². The summed E-state index contributed by atoms with van der Waals surface area (Å²) in [5.74, 6) is 0. The van der Waals surface area contributed by atoms with Gasteiger partial charge in [0.2, 0.25) is 0 Å². The summed E-state index contributed by atoms with van der Waals surface area (Å²) in [5.41, 5.74) is 2.18. The minimum atomic E-state index is -0.343. The Morgan fingerprint density at radius 2 is 1.50 bits per heavy atom. The summed E-state index contributed by atoms with van der Waals surface area (Å²) in [4.78, 5) is 15.0. The number of rotatable bonds is 1. The molecule has 0 atom stereocenters. The molecule has 0 fully saturated rings. The van der Waals surface area contributed by atoms with E-state index >= 15 is 0 Å². The number of aryl methyl sites for hydroxylation is 1. The molecule has 1 aromatic heterocycles. The smallest absolute Gasteiger partial charge is 0.266 e. The number of H-pyrrole nitrogens is 1. The lowest BCUT2D eigenvalue weighted by Crippen LogP contribution is -2.12. The van der Waals surface area contributed by atoms with Gasteiger partial charge in [0, 0.05) is 11.3 Å². The Labute approximate surface area is 138 Å². The average molecular weight is 310 g/mol. The van der Waals surface area contributed by atoms with Crippen LogP contribution >= 0.6 is 0 Å². The van der Waals surface area contributed by atoms with Crippen LogP contribution in [0.15, 0.2) is 65.5 Å². The van der Waals surface area contributed by atoms with Gasteiger partial charge >= 0.3 is 0 Å². The van der Waals surface area contributed by atoms with Gasteiger partial charge in [-0.1, -0.05) is 48.5 Å². The fourth-order valence-electron chi connectivity index (χ4n) is 3.30. The van der Waals surface area contributed by atoms with Gasteiger partial charge in [-0.05, 0) is 46.2 Å². The summed E-state index contributed by atoms with van der Waals surface area (Å²) < 4.78 is 0. The quantitative estimate of drug-likeness (QED) is 0.525. The number of nitrogens with one attached hydrogen (secondary N) is 1. The molecular weight excluding hydrogens is 296 g/mol. The minimum absolute atomic E-state index is 0.155. The summed E-state index contributed by atoms with van der Waals surface area (Å²) >= 11 is 0. The second-order valence-corrected chi connectivity index (χ2v) is 5.88. The van der Waals surface area contributed by atoms with Crippen LogP contribution in [0.4, 0.5) is 0 Å². The van der Waals surface area contributed by atoms with Crippen LogP contribution in [0.5, 0.6) is 0 Å². The molecule has 0 aliphatic heterocycles. The van der Waals surface area contributed by atoms with Crippen LogP contribution in [0.3, 0.4) is 0 Å². The van der Waals surface area contributed by atoms with Crippen molar-refractivity contribution in [3.63, 3.8) is 0 Å². The summed E-state index contributed by atoms with van der Waals surface area (Å²) in [7, 11) is 0. The van der Waals surface area contributed by atoms with Crippen molar-refractivity contribution in [2.45, 2.75) is 6.92 Å². The van der Waals surface area contributed by atoms with Crippen LogP contribution in [-0.4, -0.2) is 4.98 Å². The van der Waals surface area contributed by atoms with Crippen molar-refractivity contribution in [1.82, 2.24) is 4.98 Å². The van der Waals surface area contributed by atoms with Crippen LogP contribution in [0.25, 0.3) is 32.7 Å². The molecular formula is C21H14N2O. The predicted octanol–water partition coefficient (Wildman–Crippen LogP) is 4.53. The lowest BCUT2D eigenvalue weighted by molar-refractivity contribution is 1.13. The van der Waals surface area contributed by atoms with Gasteiger partial charge in [-0.25, -0.2) is 0 Å². The minimum Gasteiger partial charge on any atom is -0.325 e. The van der Waals surface area contributed by atoms with Gasteiger partial charge in [0.15, 0.2) is 0 Å². The first-order valence-electron chi connectivity index (χ1n) is 7.74. The third kappa shape index (κ3) is 2.09. The third-order valence-corrected chi connectivity index (χ3v) is 4.32. The van der Waals surface area contributed by atoms with Crippen molar-refractivity contribution in [3.8, 4) is 17.2 Å². The third-order valence-electron chi connectivity index (χ3n) is 4.32. The molecule has 4 rings (SSSR count). The Morgan fingerprint density at radius 3 is 2.08 bits per heavy atom. The molecule has 3 nitrogen and oxygen atoms in total. The molecule has 3 aromatic carbocycles. The molecule has 1 N–H and O–H groups in total. The Bertz CT molecular complexity index is 1140. The lowest BCUT2D eigenvalue weighted by Gasteiger charge is -2.13. The van der Waals surface area contributed by atoms with Crippen molar-refractivity contribution in [2.75, 3.05) is 0 Å². The van der Waals surface area contributed by atoms with Crippen LogP contribution in [0, 0.1) is 18.3 Å². The summed E-state index contributed by atoms with van der Waals surface area (Å²) in [6, 6.07) is 22.2. The molecule has 4 aromatic rings. The zero-order valence-electron chi connectivity index (χ0n) is 13.1. The number of aromatic nitrogens is 1. The molecule has 1 heterocycles. The van der Waals surface area contributed by atoms with E-state index in [1.54, 1.807) is 0 Å². The van der Waals surface area contributed by atoms with Crippen LogP contribution < -0.4 is 5.56 Å². The second kappa shape index (κ2) is 5.36. The molecule has 0 aliphatic carbocycles. The standard InChI is InChI=1S/C21H14N2O/c1-13-10-18(19(12-22)21(24)23-13)20-16-8-4-2-6-14(16)11-15-7-3-5-9-17(15)20/h2-11H,1H3,(H,23,24). The largest absolute Gasteiger partial charge is 0.325 e. The highest BCUT2D eigenvalue weighted by atomic mass is 16.1. The maximum atomic E-state index is 12.3. The molecule has 0 aliphatic rings. The van der Waals surface area contributed by atoms with E-state index in [0.29, 0.717) is 5.56 Å². The first-order chi connectivity index (χ1) is 11.7. The molecule has 0 bridgehead atoms. The molecule has 0 spiro atoms. The molecule has 0 saturated heterocycles. The van der Waals surface area contributed by atoms with Gasteiger partial charge in [-0.2, -0.15) is 5.26 Å². The highest BCUT2D eigenvalue weighted by molar-refractivity contribution is 6.13. The van der Waals surface area contributed by atoms with Gasteiger partial charge in [0.05, 0.1) is 0 Å². The van der Waals surface area contributed by atoms with Gasteiger partial charge in [0.1, 0.15) is 11.6 Å². The van der Waals surface area contributed by atoms with Gasteiger partial charge in [0.25, 0.3) is 5.56 Å². The number of hydrogen-bond donors (Lipinski definition) is 1. The van der Waals surface area contributed by atoms with E-state index in [1.807, 2.05) is 49.4 Å². The lowest BCUT2D eigenvalue weighted by atomic mass is 9.90. The van der Waals surface area contributed by atoms with Gasteiger partial charge < -0.3 is 4.98 Å². The van der Waals surface area contributed by atoms with E-state index in [-0.39, 0.29) is 11.1 Å². The van der Waals surface area contributed by atoms with Crippen molar-refractivity contribution >= 4 is 21.5 Å². The Balaban J connectivity index is 2.29. The van der Waals surface area contributed by atoms with Crippen LogP contribution in [-0.2, 0) is 0 Å². The molecule has 114 valence electrons. The average Bonchev–Trinajstić information content (AvgIpc) is 2.59. The topological polar surface area (TPSA) is 56.6 Å². The fraction of sp³-hybridized carbons (Fsp3) is 0.0476. The van der Waals surface area contributed by atoms with E-state index in [9.17, 15) is 10.1 Å². The maximum Gasteiger partial charge on any atom is 0.266 e. The second-order valence-electron chi connectivity index (χ2n) is 5.88. The van der Waals surface area contributed by atoms with E-state index in [4.69, 9.17) is 0 Å². The summed E-state index contributed by atoms with van der Waals surface area (Å²) in [6.07, 6.45) is 0. The highest BCUT2D eigenvalue weighted by Gasteiger charge is 2.15. The van der Waals surface area contributed by atoms with Crippen molar-refractivity contribution < 1.29 is 0 Å². The number of pyridine rings is 1. The number of hydrogen-bond acceptors (Lipinski definition) is 2. The van der Waals surface area contributed by atoms with Crippen LogP contribution in [0.1, 0.15) is 11.3 Å². The SMILES string of the molecule is Cc1cc(-c2c3ccccc3cc3ccccc23)c(C#N)c(=O)[nH]1. The molecule has 0 unspecified atom stereocenters. The molecule has 0 radical (unpaired) electrons. The Hall–Kier alpha value is -3.38. The Kier molecular flexibility index (Phi) is 3.18. The fourth-order valence-corrected chi connectivity index (χ4v) is 3.30. The normalized spacial score (nSPS) is 10.8. The molecule has 3 heteroatoms. The van der Waals surface area contributed by atoms with Crippen molar-refractivity contribution in [1.29, 1.82) is 5.26 Å². The summed E-state index contributed by atoms with van der Waals surface area (Å²) in [5, 5.41) is 13.8. The highest BCUT2D eigenvalue weighted by Crippen LogP contribution is 2.37. The monoisotopic (exact) mass is 310 g/mol. The first kappa shape index (κ1) is 14.2. The van der Waals surface area contributed by atoms with Gasteiger partial charge in [-0.3, -0.25) is 4.79 Å². The van der Waals surface area contributed by atoms with Crippen molar-refractivity contribution in [3.05, 3.63) is 82.3 Å². The number of aromatic amines is 1. The van der Waals surface area contributed by atoms with Crippen molar-refractivity contribution in [2.24, 2.45) is 0 Å². The van der Waals surface area contributed by atoms with E-state index in [1.165, 1.54) is 0 Å². The molecule has 0 amide bonds.